The topological polar surface area (TPSA) is 24.5 Å². The molecule has 3 aromatic rings. The first kappa shape index (κ1) is 19.0. The lowest BCUT2D eigenvalue weighted by molar-refractivity contribution is -0.274. The van der Waals surface area contributed by atoms with E-state index in [1.165, 1.54) is 29.7 Å². The van der Waals surface area contributed by atoms with Gasteiger partial charge in [0.2, 0.25) is 0 Å². The summed E-state index contributed by atoms with van der Waals surface area (Å²) in [5.41, 5.74) is 1.69. The Kier molecular flexibility index (Phi) is 5.51. The maximum absolute atomic E-state index is 12.2. The van der Waals surface area contributed by atoms with Crippen LogP contribution in [0.2, 0.25) is 0 Å². The number of ether oxygens (including phenoxy) is 1. The Morgan fingerprint density at radius 1 is 1.00 bits per heavy atom. The minimum atomic E-state index is -4.70. The van der Waals surface area contributed by atoms with E-state index in [-0.39, 0.29) is 5.75 Å². The second-order valence-electron chi connectivity index (χ2n) is 6.04. The van der Waals surface area contributed by atoms with Crippen molar-refractivity contribution < 1.29 is 17.9 Å². The number of alkyl halides is 3. The summed E-state index contributed by atoms with van der Waals surface area (Å²) in [5.74, 6) is -0.275. The molecule has 0 atom stereocenters. The third-order valence-electron chi connectivity index (χ3n) is 3.92. The fourth-order valence-electron chi connectivity index (χ4n) is 2.64. The molecule has 3 rings (SSSR count). The molecule has 0 radical (unpaired) electrons. The second-order valence-corrected chi connectivity index (χ2v) is 6.43. The van der Waals surface area contributed by atoms with Gasteiger partial charge in [-0.05, 0) is 58.9 Å². The lowest BCUT2D eigenvalue weighted by Crippen LogP contribution is -2.30. The highest BCUT2D eigenvalue weighted by atomic mass is 32.1. The van der Waals surface area contributed by atoms with Crippen molar-refractivity contribution in [1.29, 1.82) is 0 Å². The van der Waals surface area contributed by atoms with Crippen LogP contribution in [0.15, 0.2) is 66.7 Å². The smallest absolute Gasteiger partial charge is 0.406 e. The Hall–Kier alpha value is -2.80. The van der Waals surface area contributed by atoms with E-state index < -0.39 is 6.36 Å². The van der Waals surface area contributed by atoms with E-state index >= 15 is 0 Å². The molecule has 1 N–H and O–H groups in total. The van der Waals surface area contributed by atoms with E-state index in [2.05, 4.69) is 34.3 Å². The summed E-state index contributed by atoms with van der Waals surface area (Å²) in [7, 11) is 1.85. The highest BCUT2D eigenvalue weighted by Crippen LogP contribution is 2.24. The highest BCUT2D eigenvalue weighted by molar-refractivity contribution is 7.80. The van der Waals surface area contributed by atoms with Crippen LogP contribution in [-0.4, -0.2) is 23.4 Å². The second kappa shape index (κ2) is 7.84. The van der Waals surface area contributed by atoms with Crippen molar-refractivity contribution in [3.05, 3.63) is 72.3 Å². The van der Waals surface area contributed by atoms with Crippen molar-refractivity contribution in [1.82, 2.24) is 4.90 Å². The molecule has 140 valence electrons. The van der Waals surface area contributed by atoms with Crippen LogP contribution in [0.25, 0.3) is 10.8 Å². The van der Waals surface area contributed by atoms with Gasteiger partial charge in [-0.3, -0.25) is 0 Å². The lowest BCUT2D eigenvalue weighted by Gasteiger charge is -2.21. The van der Waals surface area contributed by atoms with Gasteiger partial charge < -0.3 is 15.0 Å². The molecule has 0 unspecified atom stereocenters. The van der Waals surface area contributed by atoms with Gasteiger partial charge in [-0.25, -0.2) is 0 Å². The van der Waals surface area contributed by atoms with Gasteiger partial charge >= 0.3 is 6.36 Å². The van der Waals surface area contributed by atoms with Crippen molar-refractivity contribution >= 4 is 33.8 Å². The molecule has 7 heteroatoms. The van der Waals surface area contributed by atoms with Gasteiger partial charge in [0, 0.05) is 19.3 Å². The summed E-state index contributed by atoms with van der Waals surface area (Å²) >= 11 is 5.38. The van der Waals surface area contributed by atoms with Crippen LogP contribution in [0.5, 0.6) is 5.75 Å². The van der Waals surface area contributed by atoms with Crippen molar-refractivity contribution in [2.45, 2.75) is 12.9 Å². The van der Waals surface area contributed by atoms with Crippen LogP contribution in [0.1, 0.15) is 5.56 Å². The first-order chi connectivity index (χ1) is 12.8. The maximum atomic E-state index is 12.2. The number of hydrogen-bond acceptors (Lipinski definition) is 2. The van der Waals surface area contributed by atoms with Crippen molar-refractivity contribution in [2.24, 2.45) is 0 Å². The number of hydrogen-bond donors (Lipinski definition) is 1. The monoisotopic (exact) mass is 390 g/mol. The number of halogens is 3. The Labute approximate surface area is 160 Å². The summed E-state index contributed by atoms with van der Waals surface area (Å²) in [4.78, 5) is 1.86. The largest absolute Gasteiger partial charge is 0.573 e. The Morgan fingerprint density at radius 2 is 1.67 bits per heavy atom. The summed E-state index contributed by atoms with van der Waals surface area (Å²) in [6, 6.07) is 19.8. The lowest BCUT2D eigenvalue weighted by atomic mass is 10.1. The molecular weight excluding hydrogens is 373 g/mol. The van der Waals surface area contributed by atoms with Crippen molar-refractivity contribution in [3.63, 3.8) is 0 Å². The summed E-state index contributed by atoms with van der Waals surface area (Å²) < 4.78 is 40.4. The van der Waals surface area contributed by atoms with Gasteiger partial charge in [-0.1, -0.05) is 36.4 Å². The first-order valence-corrected chi connectivity index (χ1v) is 8.56. The number of anilines is 1. The molecule has 0 heterocycles. The molecule has 3 nitrogen and oxygen atoms in total. The summed E-state index contributed by atoms with van der Waals surface area (Å²) in [6.45, 7) is 0.603. The molecule has 0 aliphatic rings. The van der Waals surface area contributed by atoms with Crippen LogP contribution in [0.3, 0.4) is 0 Å². The predicted molar refractivity (Wildman–Crippen MR) is 105 cm³/mol. The maximum Gasteiger partial charge on any atom is 0.573 e. The van der Waals surface area contributed by atoms with E-state index in [1.54, 1.807) is 0 Å². The SMILES string of the molecule is CN(Cc1ccc2ccccc2c1)C(=S)Nc1ccc(OC(F)(F)F)cc1. The fraction of sp³-hybridized carbons (Fsp3) is 0.150. The molecular formula is C20H17F3N2OS. The Bertz CT molecular complexity index is 942. The Morgan fingerprint density at radius 3 is 2.33 bits per heavy atom. The number of thiocarbonyl (C=S) groups is 1. The number of fused-ring (bicyclic) bond motifs is 1. The van der Waals surface area contributed by atoms with Crippen molar-refractivity contribution in [3.8, 4) is 5.75 Å². The zero-order valence-electron chi connectivity index (χ0n) is 14.5. The average molecular weight is 390 g/mol. The number of rotatable bonds is 4. The third kappa shape index (κ3) is 5.34. The van der Waals surface area contributed by atoms with Crippen LogP contribution >= 0.6 is 12.2 Å². The highest BCUT2D eigenvalue weighted by Gasteiger charge is 2.30. The quantitative estimate of drug-likeness (QED) is 0.589. The molecule has 0 saturated heterocycles. The van der Waals surface area contributed by atoms with E-state index in [1.807, 2.05) is 30.1 Å². The summed E-state index contributed by atoms with van der Waals surface area (Å²) in [5, 5.41) is 5.80. The van der Waals surface area contributed by atoms with E-state index in [0.29, 0.717) is 17.3 Å². The van der Waals surface area contributed by atoms with E-state index in [9.17, 15) is 13.2 Å². The number of nitrogens with one attached hydrogen (secondary N) is 1. The van der Waals surface area contributed by atoms with Gasteiger partial charge in [0.15, 0.2) is 5.11 Å². The van der Waals surface area contributed by atoms with Crippen LogP contribution in [0, 0.1) is 0 Å². The first-order valence-electron chi connectivity index (χ1n) is 8.16. The minimum absolute atomic E-state index is 0.275. The molecule has 3 aromatic carbocycles. The van der Waals surface area contributed by atoms with Gasteiger partial charge in [0.1, 0.15) is 5.75 Å². The molecule has 0 aliphatic carbocycles. The molecule has 0 fully saturated rings. The van der Waals surface area contributed by atoms with Crippen LogP contribution < -0.4 is 10.1 Å². The van der Waals surface area contributed by atoms with E-state index in [4.69, 9.17) is 12.2 Å². The summed E-state index contributed by atoms with van der Waals surface area (Å²) in [6.07, 6.45) is -4.70. The van der Waals surface area contributed by atoms with Gasteiger partial charge in [-0.15, -0.1) is 13.2 Å². The molecule has 0 bridgehead atoms. The number of benzene rings is 3. The minimum Gasteiger partial charge on any atom is -0.406 e. The number of nitrogens with zero attached hydrogens (tertiary/aromatic N) is 1. The third-order valence-corrected chi connectivity index (χ3v) is 4.33. The average Bonchev–Trinajstić information content (AvgIpc) is 2.62. The van der Waals surface area contributed by atoms with Gasteiger partial charge in [0.25, 0.3) is 0 Å². The van der Waals surface area contributed by atoms with Crippen LogP contribution in [0.4, 0.5) is 18.9 Å². The molecule has 0 aromatic heterocycles. The molecule has 0 aliphatic heterocycles. The van der Waals surface area contributed by atoms with Crippen molar-refractivity contribution in [2.75, 3.05) is 12.4 Å². The van der Waals surface area contributed by atoms with Gasteiger partial charge in [0.05, 0.1) is 0 Å². The normalized spacial score (nSPS) is 11.3. The predicted octanol–water partition coefficient (Wildman–Crippen LogP) is 5.57. The zero-order chi connectivity index (χ0) is 19.4. The molecule has 0 saturated carbocycles. The van der Waals surface area contributed by atoms with E-state index in [0.717, 1.165) is 10.9 Å². The van der Waals surface area contributed by atoms with Gasteiger partial charge in [-0.2, -0.15) is 0 Å². The standard InChI is InChI=1S/C20H17F3N2OS/c1-25(13-14-6-7-15-4-2-3-5-16(15)12-14)19(27)24-17-8-10-18(11-9-17)26-20(21,22)23/h2-12H,13H2,1H3,(H,24,27). The molecule has 0 spiro atoms. The Balaban J connectivity index is 1.61. The zero-order valence-corrected chi connectivity index (χ0v) is 15.3. The molecule has 27 heavy (non-hydrogen) atoms. The fourth-order valence-corrected chi connectivity index (χ4v) is 2.82. The molecule has 0 amide bonds. The van der Waals surface area contributed by atoms with Crippen LogP contribution in [-0.2, 0) is 6.54 Å².